The SMILES string of the molecule is Cc1nc(N2CCC(N3CCCCC3)C2)ncc1CCl. The van der Waals surface area contributed by atoms with Crippen molar-refractivity contribution in [3.63, 3.8) is 0 Å². The third-order valence-electron chi connectivity index (χ3n) is 4.57. The second-order valence-corrected chi connectivity index (χ2v) is 6.17. The van der Waals surface area contributed by atoms with Crippen LogP contribution in [0.25, 0.3) is 0 Å². The maximum Gasteiger partial charge on any atom is 0.225 e. The van der Waals surface area contributed by atoms with Gasteiger partial charge in [-0.2, -0.15) is 0 Å². The van der Waals surface area contributed by atoms with Crippen molar-refractivity contribution in [2.75, 3.05) is 31.1 Å². The standard InChI is InChI=1S/C15H23ClN4/c1-12-13(9-16)10-17-15(18-12)20-8-5-14(11-20)19-6-3-2-4-7-19/h10,14H,2-9,11H2,1H3. The monoisotopic (exact) mass is 294 g/mol. The number of anilines is 1. The van der Waals surface area contributed by atoms with Gasteiger partial charge in [-0.05, 0) is 39.3 Å². The molecule has 2 fully saturated rings. The largest absolute Gasteiger partial charge is 0.339 e. The molecule has 2 aliphatic heterocycles. The normalized spacial score (nSPS) is 24.3. The number of alkyl halides is 1. The molecule has 1 aromatic rings. The Morgan fingerprint density at radius 1 is 1.25 bits per heavy atom. The molecular formula is C15H23ClN4. The summed E-state index contributed by atoms with van der Waals surface area (Å²) >= 11 is 5.87. The molecule has 0 spiro atoms. The first-order valence-corrected chi connectivity index (χ1v) is 8.19. The number of rotatable bonds is 3. The highest BCUT2D eigenvalue weighted by molar-refractivity contribution is 6.17. The van der Waals surface area contributed by atoms with Crippen LogP contribution < -0.4 is 4.90 Å². The van der Waals surface area contributed by atoms with Gasteiger partial charge in [0.05, 0.1) is 5.88 Å². The molecule has 0 aliphatic carbocycles. The summed E-state index contributed by atoms with van der Waals surface area (Å²) in [5.41, 5.74) is 2.04. The lowest BCUT2D eigenvalue weighted by Crippen LogP contribution is -2.41. The Kier molecular flexibility index (Phi) is 4.41. The highest BCUT2D eigenvalue weighted by Crippen LogP contribution is 2.23. The van der Waals surface area contributed by atoms with E-state index in [1.165, 1.54) is 38.8 Å². The maximum absolute atomic E-state index is 5.87. The zero-order chi connectivity index (χ0) is 13.9. The molecule has 5 heteroatoms. The van der Waals surface area contributed by atoms with Crippen LogP contribution in [0.5, 0.6) is 0 Å². The molecule has 0 radical (unpaired) electrons. The summed E-state index contributed by atoms with van der Waals surface area (Å²) in [6.45, 7) is 6.69. The summed E-state index contributed by atoms with van der Waals surface area (Å²) in [6.07, 6.45) is 7.22. The minimum absolute atomic E-state index is 0.489. The minimum atomic E-state index is 0.489. The van der Waals surface area contributed by atoms with Crippen molar-refractivity contribution < 1.29 is 0 Å². The van der Waals surface area contributed by atoms with Crippen molar-refractivity contribution in [3.05, 3.63) is 17.5 Å². The third-order valence-corrected chi connectivity index (χ3v) is 4.85. The number of nitrogens with zero attached hydrogens (tertiary/aromatic N) is 4. The van der Waals surface area contributed by atoms with Crippen LogP contribution in [0.3, 0.4) is 0 Å². The van der Waals surface area contributed by atoms with Crippen molar-refractivity contribution in [2.45, 2.75) is 44.5 Å². The van der Waals surface area contributed by atoms with E-state index in [1.807, 2.05) is 13.1 Å². The number of piperidine rings is 1. The molecule has 3 heterocycles. The van der Waals surface area contributed by atoms with Crippen LogP contribution in [-0.2, 0) is 5.88 Å². The smallest absolute Gasteiger partial charge is 0.225 e. The summed E-state index contributed by atoms with van der Waals surface area (Å²) in [5.74, 6) is 1.36. The number of aromatic nitrogens is 2. The molecule has 110 valence electrons. The van der Waals surface area contributed by atoms with Gasteiger partial charge in [0.2, 0.25) is 5.95 Å². The van der Waals surface area contributed by atoms with Crippen LogP contribution in [0.15, 0.2) is 6.20 Å². The molecule has 1 atom stereocenters. The average molecular weight is 295 g/mol. The van der Waals surface area contributed by atoms with Gasteiger partial charge >= 0.3 is 0 Å². The van der Waals surface area contributed by atoms with E-state index < -0.39 is 0 Å². The van der Waals surface area contributed by atoms with Crippen LogP contribution >= 0.6 is 11.6 Å². The minimum Gasteiger partial charge on any atom is -0.339 e. The predicted octanol–water partition coefficient (Wildman–Crippen LogP) is 2.59. The van der Waals surface area contributed by atoms with Crippen LogP contribution in [0, 0.1) is 6.92 Å². The summed E-state index contributed by atoms with van der Waals surface area (Å²) in [5, 5.41) is 0. The van der Waals surface area contributed by atoms with Crippen LogP contribution in [0.2, 0.25) is 0 Å². The highest BCUT2D eigenvalue weighted by Gasteiger charge is 2.29. The van der Waals surface area contributed by atoms with Crippen LogP contribution in [-0.4, -0.2) is 47.1 Å². The highest BCUT2D eigenvalue weighted by atomic mass is 35.5. The molecule has 0 saturated carbocycles. The number of likely N-dealkylation sites (tertiary alicyclic amines) is 1. The fourth-order valence-corrected chi connectivity index (χ4v) is 3.53. The van der Waals surface area contributed by atoms with E-state index in [2.05, 4.69) is 19.8 Å². The van der Waals surface area contributed by atoms with Gasteiger partial charge in [-0.25, -0.2) is 9.97 Å². The fraction of sp³-hybridized carbons (Fsp3) is 0.733. The lowest BCUT2D eigenvalue weighted by Gasteiger charge is -2.32. The summed E-state index contributed by atoms with van der Waals surface area (Å²) in [6, 6.07) is 0.687. The quantitative estimate of drug-likeness (QED) is 0.802. The predicted molar refractivity (Wildman–Crippen MR) is 82.4 cm³/mol. The topological polar surface area (TPSA) is 32.3 Å². The lowest BCUT2D eigenvalue weighted by molar-refractivity contribution is 0.174. The fourth-order valence-electron chi connectivity index (χ4n) is 3.27. The van der Waals surface area contributed by atoms with Crippen molar-refractivity contribution >= 4 is 17.5 Å². The zero-order valence-corrected chi connectivity index (χ0v) is 12.9. The van der Waals surface area contributed by atoms with Gasteiger partial charge in [-0.3, -0.25) is 4.90 Å². The molecule has 0 aromatic carbocycles. The molecule has 1 unspecified atom stereocenters. The summed E-state index contributed by atoms with van der Waals surface area (Å²) < 4.78 is 0. The van der Waals surface area contributed by atoms with Crippen molar-refractivity contribution in [1.29, 1.82) is 0 Å². The van der Waals surface area contributed by atoms with Crippen molar-refractivity contribution in [2.24, 2.45) is 0 Å². The van der Waals surface area contributed by atoms with E-state index >= 15 is 0 Å². The number of aryl methyl sites for hydroxylation is 1. The average Bonchev–Trinajstić information content (AvgIpc) is 2.98. The molecule has 0 bridgehead atoms. The van der Waals surface area contributed by atoms with Crippen LogP contribution in [0.4, 0.5) is 5.95 Å². The van der Waals surface area contributed by atoms with E-state index in [-0.39, 0.29) is 0 Å². The second kappa shape index (κ2) is 6.27. The number of hydrogen-bond donors (Lipinski definition) is 0. The Morgan fingerprint density at radius 3 is 2.75 bits per heavy atom. The third kappa shape index (κ3) is 2.91. The van der Waals surface area contributed by atoms with Gasteiger partial charge in [0.15, 0.2) is 0 Å². The van der Waals surface area contributed by atoms with Gasteiger partial charge < -0.3 is 4.90 Å². The number of hydrogen-bond acceptors (Lipinski definition) is 4. The van der Waals surface area contributed by atoms with Crippen molar-refractivity contribution in [1.82, 2.24) is 14.9 Å². The van der Waals surface area contributed by atoms with Gasteiger partial charge in [0.25, 0.3) is 0 Å². The molecule has 1 aromatic heterocycles. The molecule has 2 saturated heterocycles. The molecule has 0 N–H and O–H groups in total. The molecule has 0 amide bonds. The number of halogens is 1. The Bertz CT molecular complexity index is 459. The first-order chi connectivity index (χ1) is 9.78. The van der Waals surface area contributed by atoms with E-state index in [0.717, 1.165) is 30.3 Å². The molecule has 20 heavy (non-hydrogen) atoms. The van der Waals surface area contributed by atoms with E-state index in [9.17, 15) is 0 Å². The van der Waals surface area contributed by atoms with Gasteiger partial charge in [-0.15, -0.1) is 11.6 Å². The Balaban J connectivity index is 1.65. The Morgan fingerprint density at radius 2 is 2.05 bits per heavy atom. The van der Waals surface area contributed by atoms with Gasteiger partial charge in [0.1, 0.15) is 0 Å². The van der Waals surface area contributed by atoms with E-state index in [4.69, 9.17) is 11.6 Å². The summed E-state index contributed by atoms with van der Waals surface area (Å²) in [7, 11) is 0. The Hall–Kier alpha value is -0.870. The maximum atomic E-state index is 5.87. The van der Waals surface area contributed by atoms with E-state index in [1.54, 1.807) is 0 Å². The Labute approximate surface area is 126 Å². The molecule has 2 aliphatic rings. The molecule has 3 rings (SSSR count). The first-order valence-electron chi connectivity index (χ1n) is 7.65. The summed E-state index contributed by atoms with van der Waals surface area (Å²) in [4.78, 5) is 14.1. The molecule has 4 nitrogen and oxygen atoms in total. The first kappa shape index (κ1) is 14.1. The van der Waals surface area contributed by atoms with Crippen LogP contribution in [0.1, 0.15) is 36.9 Å². The van der Waals surface area contributed by atoms with E-state index in [0.29, 0.717) is 11.9 Å². The van der Waals surface area contributed by atoms with Crippen molar-refractivity contribution in [3.8, 4) is 0 Å². The zero-order valence-electron chi connectivity index (χ0n) is 12.2. The lowest BCUT2D eigenvalue weighted by atomic mass is 10.1. The second-order valence-electron chi connectivity index (χ2n) is 5.90. The van der Waals surface area contributed by atoms with Gasteiger partial charge in [-0.1, -0.05) is 6.42 Å². The van der Waals surface area contributed by atoms with Gasteiger partial charge in [0, 0.05) is 36.6 Å². The molecular weight excluding hydrogens is 272 g/mol.